The number of amides is 2. The number of nitrogens with one attached hydrogen (secondary N) is 1. The molecule has 0 aliphatic carbocycles. The van der Waals surface area contributed by atoms with E-state index in [1.54, 1.807) is 24.4 Å². The van der Waals surface area contributed by atoms with Crippen molar-refractivity contribution in [3.8, 4) is 11.6 Å². The van der Waals surface area contributed by atoms with Crippen LogP contribution >= 0.6 is 0 Å². The fourth-order valence-electron chi connectivity index (χ4n) is 3.16. The molecule has 3 heterocycles. The maximum absolute atomic E-state index is 12.8. The number of fused-ring (bicyclic) bond motifs is 1. The molecular weight excluding hydrogens is 334 g/mol. The lowest BCUT2D eigenvalue weighted by molar-refractivity contribution is -0.118. The van der Waals surface area contributed by atoms with E-state index in [0.717, 1.165) is 12.8 Å². The number of hydrogen-bond acceptors (Lipinski definition) is 5. The topological polar surface area (TPSA) is 80.8 Å². The molecule has 2 amide bonds. The second kappa shape index (κ2) is 7.03. The first-order valence-electron chi connectivity index (χ1n) is 8.63. The summed E-state index contributed by atoms with van der Waals surface area (Å²) in [5.41, 5.74) is 1.08. The minimum atomic E-state index is -0.213. The fourth-order valence-corrected chi connectivity index (χ4v) is 3.16. The zero-order valence-corrected chi connectivity index (χ0v) is 14.2. The number of rotatable bonds is 3. The molecule has 0 atom stereocenters. The van der Waals surface area contributed by atoms with Crippen molar-refractivity contribution in [2.24, 2.45) is 0 Å². The number of ether oxygens (including phenoxy) is 2. The molecule has 4 rings (SSSR count). The first-order valence-corrected chi connectivity index (χ1v) is 8.63. The van der Waals surface area contributed by atoms with E-state index in [2.05, 4.69) is 10.3 Å². The second-order valence-electron chi connectivity index (χ2n) is 6.33. The molecule has 0 unspecified atom stereocenters. The average molecular weight is 353 g/mol. The van der Waals surface area contributed by atoms with Crippen LogP contribution in [0.2, 0.25) is 0 Å². The van der Waals surface area contributed by atoms with Crippen LogP contribution in [0.1, 0.15) is 23.2 Å². The summed E-state index contributed by atoms with van der Waals surface area (Å²) >= 11 is 0. The Morgan fingerprint density at radius 2 is 2.08 bits per heavy atom. The van der Waals surface area contributed by atoms with Crippen LogP contribution < -0.4 is 14.8 Å². The number of piperidine rings is 1. The largest absolute Gasteiger partial charge is 0.482 e. The molecule has 7 heteroatoms. The molecule has 134 valence electrons. The molecule has 1 saturated heterocycles. The standard InChI is InChI=1S/C19H19N3O4/c23-17-12-25-16-5-4-13(11-15(16)21-17)19(24)22-9-6-14(7-10-22)26-18-3-1-2-8-20-18/h1-5,8,11,14H,6-7,9-10,12H2,(H,21,23). The van der Waals surface area contributed by atoms with E-state index in [9.17, 15) is 9.59 Å². The van der Waals surface area contributed by atoms with Gasteiger partial charge in [0.1, 0.15) is 11.9 Å². The molecule has 0 saturated carbocycles. The van der Waals surface area contributed by atoms with Crippen LogP contribution in [0.4, 0.5) is 5.69 Å². The minimum absolute atomic E-state index is 0.00405. The number of likely N-dealkylation sites (tertiary alicyclic amines) is 1. The van der Waals surface area contributed by atoms with Crippen molar-refractivity contribution in [1.82, 2.24) is 9.88 Å². The normalized spacial score (nSPS) is 17.1. The van der Waals surface area contributed by atoms with Crippen LogP contribution in [0.15, 0.2) is 42.6 Å². The van der Waals surface area contributed by atoms with Gasteiger partial charge in [-0.15, -0.1) is 0 Å². The van der Waals surface area contributed by atoms with Gasteiger partial charge in [0.15, 0.2) is 6.61 Å². The van der Waals surface area contributed by atoms with Crippen molar-refractivity contribution in [2.75, 3.05) is 25.0 Å². The Morgan fingerprint density at radius 1 is 1.23 bits per heavy atom. The summed E-state index contributed by atoms with van der Waals surface area (Å²) in [6.45, 7) is 1.25. The van der Waals surface area contributed by atoms with Crippen LogP contribution in [0.5, 0.6) is 11.6 Å². The Bertz CT molecular complexity index is 817. The number of carbonyl (C=O) groups is 2. The van der Waals surface area contributed by atoms with Crippen molar-refractivity contribution < 1.29 is 19.1 Å². The van der Waals surface area contributed by atoms with Crippen LogP contribution in [0.25, 0.3) is 0 Å². The third kappa shape index (κ3) is 3.46. The molecular formula is C19H19N3O4. The number of nitrogens with zero attached hydrogens (tertiary/aromatic N) is 2. The summed E-state index contributed by atoms with van der Waals surface area (Å²) in [6, 6.07) is 10.7. The van der Waals surface area contributed by atoms with Gasteiger partial charge in [0.25, 0.3) is 11.8 Å². The molecule has 1 aromatic carbocycles. The third-order valence-electron chi connectivity index (χ3n) is 4.51. The van der Waals surface area contributed by atoms with Crippen LogP contribution in [-0.2, 0) is 4.79 Å². The van der Waals surface area contributed by atoms with Crippen molar-refractivity contribution >= 4 is 17.5 Å². The summed E-state index contributed by atoms with van der Waals surface area (Å²) < 4.78 is 11.2. The van der Waals surface area contributed by atoms with Crippen molar-refractivity contribution in [3.63, 3.8) is 0 Å². The molecule has 2 aliphatic heterocycles. The van der Waals surface area contributed by atoms with E-state index in [-0.39, 0.29) is 24.5 Å². The van der Waals surface area contributed by atoms with Gasteiger partial charge in [-0.25, -0.2) is 4.98 Å². The SMILES string of the molecule is O=C1COc2ccc(C(=O)N3CCC(Oc4ccccn4)CC3)cc2N1. The van der Waals surface area contributed by atoms with Crippen LogP contribution in [0, 0.1) is 0 Å². The molecule has 2 aliphatic rings. The summed E-state index contributed by atoms with van der Waals surface area (Å²) in [6.07, 6.45) is 3.28. The average Bonchev–Trinajstić information content (AvgIpc) is 2.68. The highest BCUT2D eigenvalue weighted by Crippen LogP contribution is 2.29. The molecule has 1 N–H and O–H groups in total. The molecule has 7 nitrogen and oxygen atoms in total. The van der Waals surface area contributed by atoms with E-state index in [1.165, 1.54) is 0 Å². The monoisotopic (exact) mass is 353 g/mol. The summed E-state index contributed by atoms with van der Waals surface area (Å²) in [7, 11) is 0. The van der Waals surface area contributed by atoms with Crippen molar-refractivity contribution in [1.29, 1.82) is 0 Å². The smallest absolute Gasteiger partial charge is 0.262 e. The van der Waals surface area contributed by atoms with Gasteiger partial charge >= 0.3 is 0 Å². The van der Waals surface area contributed by atoms with Gasteiger partial charge in [0, 0.05) is 43.8 Å². The maximum Gasteiger partial charge on any atom is 0.262 e. The van der Waals surface area contributed by atoms with Gasteiger partial charge in [-0.2, -0.15) is 0 Å². The van der Waals surface area contributed by atoms with E-state index in [1.807, 2.05) is 23.1 Å². The van der Waals surface area contributed by atoms with Crippen molar-refractivity contribution in [3.05, 3.63) is 48.2 Å². The first-order chi connectivity index (χ1) is 12.7. The van der Waals surface area contributed by atoms with Gasteiger partial charge in [-0.3, -0.25) is 9.59 Å². The molecule has 0 spiro atoms. The molecule has 1 aromatic heterocycles. The molecule has 2 aromatic rings. The van der Waals surface area contributed by atoms with Gasteiger partial charge in [-0.1, -0.05) is 6.07 Å². The molecule has 26 heavy (non-hydrogen) atoms. The zero-order chi connectivity index (χ0) is 17.9. The Morgan fingerprint density at radius 3 is 2.85 bits per heavy atom. The van der Waals surface area contributed by atoms with Gasteiger partial charge in [0.2, 0.25) is 5.88 Å². The summed E-state index contributed by atoms with van der Waals surface area (Å²) in [4.78, 5) is 30.2. The summed E-state index contributed by atoms with van der Waals surface area (Å²) in [5, 5.41) is 2.73. The quantitative estimate of drug-likeness (QED) is 0.914. The first kappa shape index (κ1) is 16.4. The Labute approximate surface area is 150 Å². The number of aromatic nitrogens is 1. The number of hydrogen-bond donors (Lipinski definition) is 1. The number of anilines is 1. The van der Waals surface area contributed by atoms with Crippen LogP contribution in [-0.4, -0.2) is 47.5 Å². The van der Waals surface area contributed by atoms with Gasteiger partial charge in [0.05, 0.1) is 5.69 Å². The number of pyridine rings is 1. The Kier molecular flexibility index (Phi) is 4.43. The molecule has 1 fully saturated rings. The Hall–Kier alpha value is -3.09. The number of carbonyl (C=O) groups excluding carboxylic acids is 2. The van der Waals surface area contributed by atoms with Crippen LogP contribution in [0.3, 0.4) is 0 Å². The highest BCUT2D eigenvalue weighted by atomic mass is 16.5. The third-order valence-corrected chi connectivity index (χ3v) is 4.51. The van der Waals surface area contributed by atoms with Gasteiger partial charge in [-0.05, 0) is 24.3 Å². The van der Waals surface area contributed by atoms with E-state index < -0.39 is 0 Å². The minimum Gasteiger partial charge on any atom is -0.482 e. The van der Waals surface area contributed by atoms with E-state index >= 15 is 0 Å². The number of benzene rings is 1. The predicted molar refractivity (Wildman–Crippen MR) is 94.4 cm³/mol. The lowest BCUT2D eigenvalue weighted by atomic mass is 10.1. The fraction of sp³-hybridized carbons (Fsp3) is 0.316. The highest BCUT2D eigenvalue weighted by Gasteiger charge is 2.26. The summed E-state index contributed by atoms with van der Waals surface area (Å²) in [5.74, 6) is 0.935. The molecule has 0 bridgehead atoms. The lowest BCUT2D eigenvalue weighted by Crippen LogP contribution is -2.41. The highest BCUT2D eigenvalue weighted by molar-refractivity contribution is 5.99. The van der Waals surface area contributed by atoms with Gasteiger partial charge < -0.3 is 19.7 Å². The second-order valence-corrected chi connectivity index (χ2v) is 6.33. The van der Waals surface area contributed by atoms with Crippen molar-refractivity contribution in [2.45, 2.75) is 18.9 Å². The molecule has 0 radical (unpaired) electrons. The van der Waals surface area contributed by atoms with E-state index in [4.69, 9.17) is 9.47 Å². The predicted octanol–water partition coefficient (Wildman–Crippen LogP) is 2.10. The van der Waals surface area contributed by atoms with E-state index in [0.29, 0.717) is 36.0 Å². The zero-order valence-electron chi connectivity index (χ0n) is 14.2. The Balaban J connectivity index is 1.38. The maximum atomic E-state index is 12.8. The lowest BCUT2D eigenvalue weighted by Gasteiger charge is -2.32.